The predicted molar refractivity (Wildman–Crippen MR) is 61.7 cm³/mol. The summed E-state index contributed by atoms with van der Waals surface area (Å²) < 4.78 is 6.09. The van der Waals surface area contributed by atoms with Crippen molar-refractivity contribution in [2.45, 2.75) is 39.3 Å². The maximum atomic E-state index is 6.09. The van der Waals surface area contributed by atoms with Gasteiger partial charge in [-0.05, 0) is 24.4 Å². The maximum Gasteiger partial charge on any atom is 0.121 e. The Bertz CT molecular complexity index is 206. The first-order chi connectivity index (χ1) is 7.02. The zero-order chi connectivity index (χ0) is 10.9. The summed E-state index contributed by atoms with van der Waals surface area (Å²) >= 11 is 0. The van der Waals surface area contributed by atoms with E-state index in [4.69, 9.17) is 4.74 Å². The van der Waals surface area contributed by atoms with E-state index in [1.54, 1.807) is 0 Å². The van der Waals surface area contributed by atoms with Gasteiger partial charge in [0, 0.05) is 19.4 Å². The van der Waals surface area contributed by atoms with Crippen molar-refractivity contribution >= 4 is 0 Å². The van der Waals surface area contributed by atoms with E-state index in [0.717, 1.165) is 39.1 Å². The molecule has 0 aromatic heterocycles. The zero-order valence-electron chi connectivity index (χ0n) is 10.2. The van der Waals surface area contributed by atoms with E-state index in [9.17, 15) is 0 Å². The lowest BCUT2D eigenvalue weighted by Gasteiger charge is -2.46. The van der Waals surface area contributed by atoms with Gasteiger partial charge in [-0.15, -0.1) is 0 Å². The first kappa shape index (κ1) is 11.4. The third kappa shape index (κ3) is 2.52. The highest BCUT2D eigenvalue weighted by molar-refractivity contribution is 4.90. The summed E-state index contributed by atoms with van der Waals surface area (Å²) in [6.07, 6.45) is 2.20. The summed E-state index contributed by atoms with van der Waals surface area (Å²) in [4.78, 5) is 0. The minimum Gasteiger partial charge on any atom is -0.360 e. The smallest absolute Gasteiger partial charge is 0.121 e. The van der Waals surface area contributed by atoms with Gasteiger partial charge < -0.3 is 10.1 Å². The molecule has 1 spiro atoms. The van der Waals surface area contributed by atoms with Crippen LogP contribution in [0.3, 0.4) is 0 Å². The minimum atomic E-state index is -0.00694. The lowest BCUT2D eigenvalue weighted by Crippen LogP contribution is -2.60. The third-order valence-electron chi connectivity index (χ3n) is 3.87. The Labute approximate surface area is 93.0 Å². The van der Waals surface area contributed by atoms with Crippen molar-refractivity contribution in [3.63, 3.8) is 0 Å². The molecule has 2 saturated heterocycles. The molecule has 2 fully saturated rings. The van der Waals surface area contributed by atoms with Crippen LogP contribution in [0.15, 0.2) is 0 Å². The summed E-state index contributed by atoms with van der Waals surface area (Å²) in [6, 6.07) is 0. The normalized spacial score (nSPS) is 31.8. The fourth-order valence-electron chi connectivity index (χ4n) is 2.39. The molecular formula is C12H24N2O. The lowest BCUT2D eigenvalue weighted by molar-refractivity contribution is -0.145. The molecule has 15 heavy (non-hydrogen) atoms. The molecular weight excluding hydrogens is 188 g/mol. The fraction of sp³-hybridized carbons (Fsp3) is 1.00. The van der Waals surface area contributed by atoms with Crippen molar-refractivity contribution in [3.05, 3.63) is 0 Å². The number of hydrogen-bond acceptors (Lipinski definition) is 3. The van der Waals surface area contributed by atoms with Gasteiger partial charge in [0.25, 0.3) is 0 Å². The third-order valence-corrected chi connectivity index (χ3v) is 3.87. The van der Waals surface area contributed by atoms with E-state index in [0.29, 0.717) is 11.3 Å². The van der Waals surface area contributed by atoms with Gasteiger partial charge in [-0.25, -0.2) is 0 Å². The molecule has 0 bridgehead atoms. The second-order valence-corrected chi connectivity index (χ2v) is 6.00. The topological polar surface area (TPSA) is 33.3 Å². The molecule has 0 saturated carbocycles. The Morgan fingerprint density at radius 1 is 1.20 bits per heavy atom. The van der Waals surface area contributed by atoms with Crippen LogP contribution < -0.4 is 10.6 Å². The van der Waals surface area contributed by atoms with Crippen LogP contribution in [-0.2, 0) is 4.74 Å². The van der Waals surface area contributed by atoms with Gasteiger partial charge in [-0.1, -0.05) is 20.8 Å². The average Bonchev–Trinajstić information content (AvgIpc) is 2.18. The van der Waals surface area contributed by atoms with Crippen LogP contribution in [0, 0.1) is 11.3 Å². The van der Waals surface area contributed by atoms with Gasteiger partial charge in [0.15, 0.2) is 0 Å². The van der Waals surface area contributed by atoms with Crippen molar-refractivity contribution in [1.29, 1.82) is 0 Å². The highest BCUT2D eigenvalue weighted by atomic mass is 16.5. The minimum absolute atomic E-state index is 0.00694. The first-order valence-electron chi connectivity index (χ1n) is 6.12. The van der Waals surface area contributed by atoms with Crippen LogP contribution in [-0.4, -0.2) is 32.0 Å². The molecule has 88 valence electrons. The van der Waals surface area contributed by atoms with Crippen molar-refractivity contribution in [1.82, 2.24) is 10.6 Å². The molecule has 0 aliphatic carbocycles. The SMILES string of the molecule is CC(C)(C)C1CNC2(CCNCC2)OC1. The molecule has 2 aliphatic rings. The lowest BCUT2D eigenvalue weighted by atomic mass is 9.79. The van der Waals surface area contributed by atoms with Gasteiger partial charge >= 0.3 is 0 Å². The van der Waals surface area contributed by atoms with Gasteiger partial charge in [0.2, 0.25) is 0 Å². The summed E-state index contributed by atoms with van der Waals surface area (Å²) in [5.74, 6) is 0.637. The van der Waals surface area contributed by atoms with E-state index in [-0.39, 0.29) is 5.72 Å². The largest absolute Gasteiger partial charge is 0.360 e. The zero-order valence-corrected chi connectivity index (χ0v) is 10.2. The second kappa shape index (κ2) is 4.04. The highest BCUT2D eigenvalue weighted by Crippen LogP contribution is 2.32. The molecule has 2 aliphatic heterocycles. The molecule has 0 aromatic carbocycles. The molecule has 0 aromatic rings. The van der Waals surface area contributed by atoms with E-state index >= 15 is 0 Å². The summed E-state index contributed by atoms with van der Waals surface area (Å²) in [5.41, 5.74) is 0.342. The summed E-state index contributed by atoms with van der Waals surface area (Å²) in [6.45, 7) is 11.1. The van der Waals surface area contributed by atoms with Crippen LogP contribution in [0.1, 0.15) is 33.6 Å². The van der Waals surface area contributed by atoms with Crippen LogP contribution in [0.25, 0.3) is 0 Å². The Morgan fingerprint density at radius 3 is 2.33 bits per heavy atom. The van der Waals surface area contributed by atoms with Crippen LogP contribution in [0.4, 0.5) is 0 Å². The van der Waals surface area contributed by atoms with Gasteiger partial charge in [-0.3, -0.25) is 5.32 Å². The van der Waals surface area contributed by atoms with E-state index in [1.165, 1.54) is 0 Å². The fourth-order valence-corrected chi connectivity index (χ4v) is 2.39. The standard InChI is InChI=1S/C12H24N2O/c1-11(2,3)10-8-14-12(15-9-10)4-6-13-7-5-12/h10,13-14H,4-9H2,1-3H3. The Balaban J connectivity index is 1.91. The quantitative estimate of drug-likeness (QED) is 0.636. The van der Waals surface area contributed by atoms with Gasteiger partial charge in [-0.2, -0.15) is 0 Å². The van der Waals surface area contributed by atoms with E-state index < -0.39 is 0 Å². The van der Waals surface area contributed by atoms with Gasteiger partial charge in [0.05, 0.1) is 6.61 Å². The average molecular weight is 212 g/mol. The van der Waals surface area contributed by atoms with Crippen LogP contribution in [0.2, 0.25) is 0 Å². The summed E-state index contributed by atoms with van der Waals surface area (Å²) in [5, 5.41) is 7.01. The molecule has 0 radical (unpaired) electrons. The number of nitrogens with one attached hydrogen (secondary N) is 2. The number of hydrogen-bond donors (Lipinski definition) is 2. The molecule has 1 unspecified atom stereocenters. The monoisotopic (exact) mass is 212 g/mol. The Morgan fingerprint density at radius 2 is 1.87 bits per heavy atom. The van der Waals surface area contributed by atoms with Crippen LogP contribution >= 0.6 is 0 Å². The molecule has 2 heterocycles. The van der Waals surface area contributed by atoms with Crippen molar-refractivity contribution < 1.29 is 4.74 Å². The summed E-state index contributed by atoms with van der Waals surface area (Å²) in [7, 11) is 0. The Kier molecular flexibility index (Phi) is 3.06. The molecule has 3 nitrogen and oxygen atoms in total. The molecule has 2 N–H and O–H groups in total. The molecule has 2 rings (SSSR count). The molecule has 0 amide bonds. The highest BCUT2D eigenvalue weighted by Gasteiger charge is 2.39. The molecule has 1 atom stereocenters. The van der Waals surface area contributed by atoms with Crippen molar-refractivity contribution in [2.75, 3.05) is 26.2 Å². The second-order valence-electron chi connectivity index (χ2n) is 6.00. The van der Waals surface area contributed by atoms with E-state index in [2.05, 4.69) is 31.4 Å². The van der Waals surface area contributed by atoms with Crippen molar-refractivity contribution in [3.8, 4) is 0 Å². The van der Waals surface area contributed by atoms with Gasteiger partial charge in [0.1, 0.15) is 5.72 Å². The number of piperidine rings is 1. The number of rotatable bonds is 0. The van der Waals surface area contributed by atoms with E-state index in [1.807, 2.05) is 0 Å². The van der Waals surface area contributed by atoms with Crippen molar-refractivity contribution in [2.24, 2.45) is 11.3 Å². The maximum absolute atomic E-state index is 6.09. The van der Waals surface area contributed by atoms with Crippen LogP contribution in [0.5, 0.6) is 0 Å². The Hall–Kier alpha value is -0.120. The first-order valence-corrected chi connectivity index (χ1v) is 6.12. The molecule has 3 heteroatoms. The predicted octanol–water partition coefficient (Wildman–Crippen LogP) is 1.35. The number of ether oxygens (including phenoxy) is 1.